The SMILES string of the molecule is Cl.N[C@H](c1ccccc1Sc1ccc(Cl)cc1)C1CCCC1. The fourth-order valence-electron chi connectivity index (χ4n) is 3.05. The number of rotatable bonds is 4. The number of nitrogens with two attached hydrogens (primary N) is 1. The quantitative estimate of drug-likeness (QED) is 0.717. The van der Waals surface area contributed by atoms with Gasteiger partial charge >= 0.3 is 0 Å². The Morgan fingerprint density at radius 2 is 1.64 bits per heavy atom. The third kappa shape index (κ3) is 4.20. The molecular formula is C18H21Cl2NS. The van der Waals surface area contributed by atoms with E-state index in [1.54, 1.807) is 11.8 Å². The van der Waals surface area contributed by atoms with Gasteiger partial charge in [0.15, 0.2) is 0 Å². The lowest BCUT2D eigenvalue weighted by Gasteiger charge is -2.21. The van der Waals surface area contributed by atoms with Gasteiger partial charge in [0.2, 0.25) is 0 Å². The van der Waals surface area contributed by atoms with Crippen molar-refractivity contribution < 1.29 is 0 Å². The van der Waals surface area contributed by atoms with Crippen LogP contribution < -0.4 is 5.73 Å². The zero-order valence-corrected chi connectivity index (χ0v) is 14.8. The van der Waals surface area contributed by atoms with Crippen molar-refractivity contribution in [3.8, 4) is 0 Å². The summed E-state index contributed by atoms with van der Waals surface area (Å²) in [6.07, 6.45) is 5.18. The van der Waals surface area contributed by atoms with Gasteiger partial charge in [0.25, 0.3) is 0 Å². The lowest BCUT2D eigenvalue weighted by Crippen LogP contribution is -2.19. The molecule has 0 bridgehead atoms. The van der Waals surface area contributed by atoms with Crippen molar-refractivity contribution in [2.45, 2.75) is 41.5 Å². The Balaban J connectivity index is 0.00000176. The molecule has 1 nitrogen and oxygen atoms in total. The van der Waals surface area contributed by atoms with Crippen LogP contribution in [0.5, 0.6) is 0 Å². The first-order valence-electron chi connectivity index (χ1n) is 7.52. The van der Waals surface area contributed by atoms with Crippen molar-refractivity contribution in [1.29, 1.82) is 0 Å². The minimum Gasteiger partial charge on any atom is -0.324 e. The van der Waals surface area contributed by atoms with Crippen molar-refractivity contribution >= 4 is 35.8 Å². The lowest BCUT2D eigenvalue weighted by atomic mass is 9.92. The van der Waals surface area contributed by atoms with Gasteiger partial charge in [-0.25, -0.2) is 0 Å². The molecule has 1 saturated carbocycles. The summed E-state index contributed by atoms with van der Waals surface area (Å²) < 4.78 is 0. The maximum Gasteiger partial charge on any atom is 0.0406 e. The zero-order chi connectivity index (χ0) is 14.7. The Hall–Kier alpha value is -0.670. The van der Waals surface area contributed by atoms with E-state index in [2.05, 4.69) is 36.4 Å². The molecule has 1 fully saturated rings. The molecular weight excluding hydrogens is 333 g/mol. The largest absolute Gasteiger partial charge is 0.324 e. The van der Waals surface area contributed by atoms with Crippen molar-refractivity contribution in [1.82, 2.24) is 0 Å². The molecule has 0 saturated heterocycles. The van der Waals surface area contributed by atoms with Crippen LogP contribution in [0.4, 0.5) is 0 Å². The average molecular weight is 354 g/mol. The van der Waals surface area contributed by atoms with Gasteiger partial charge in [-0.3, -0.25) is 0 Å². The molecule has 2 aromatic carbocycles. The summed E-state index contributed by atoms with van der Waals surface area (Å²) in [6.45, 7) is 0. The summed E-state index contributed by atoms with van der Waals surface area (Å²) in [4.78, 5) is 2.46. The molecule has 1 atom stereocenters. The molecule has 0 unspecified atom stereocenters. The Kier molecular flexibility index (Phi) is 6.64. The fourth-order valence-corrected chi connectivity index (χ4v) is 4.17. The highest BCUT2D eigenvalue weighted by molar-refractivity contribution is 7.99. The number of hydrogen-bond acceptors (Lipinski definition) is 2. The van der Waals surface area contributed by atoms with Crippen LogP contribution in [0.15, 0.2) is 58.3 Å². The maximum atomic E-state index is 6.54. The highest BCUT2D eigenvalue weighted by Crippen LogP contribution is 2.39. The van der Waals surface area contributed by atoms with Gasteiger partial charge in [-0.2, -0.15) is 0 Å². The van der Waals surface area contributed by atoms with Crippen LogP contribution in [0.2, 0.25) is 5.02 Å². The normalized spacial score (nSPS) is 16.3. The molecule has 1 aliphatic carbocycles. The minimum atomic E-state index is 0. The molecule has 0 amide bonds. The topological polar surface area (TPSA) is 26.0 Å². The van der Waals surface area contributed by atoms with Gasteiger partial charge < -0.3 is 5.73 Å². The van der Waals surface area contributed by atoms with Gasteiger partial charge in [-0.1, -0.05) is 54.4 Å². The molecule has 0 aromatic heterocycles. The van der Waals surface area contributed by atoms with Crippen molar-refractivity contribution in [3.05, 3.63) is 59.1 Å². The van der Waals surface area contributed by atoms with Crippen molar-refractivity contribution in [2.75, 3.05) is 0 Å². The molecule has 0 heterocycles. The maximum absolute atomic E-state index is 6.54. The molecule has 4 heteroatoms. The van der Waals surface area contributed by atoms with Gasteiger partial charge in [-0.05, 0) is 54.7 Å². The first-order valence-corrected chi connectivity index (χ1v) is 8.71. The second-order valence-corrected chi connectivity index (χ2v) is 7.22. The third-order valence-corrected chi connectivity index (χ3v) is 5.58. The molecule has 2 aromatic rings. The number of halogens is 2. The third-order valence-electron chi connectivity index (χ3n) is 4.23. The predicted octanol–water partition coefficient (Wildman–Crippen LogP) is 6.10. The summed E-state index contributed by atoms with van der Waals surface area (Å²) in [7, 11) is 0. The highest BCUT2D eigenvalue weighted by atomic mass is 35.5. The van der Waals surface area contributed by atoms with Crippen LogP contribution in [-0.4, -0.2) is 0 Å². The molecule has 0 radical (unpaired) electrons. The molecule has 118 valence electrons. The van der Waals surface area contributed by atoms with Gasteiger partial charge in [0, 0.05) is 20.9 Å². The van der Waals surface area contributed by atoms with Gasteiger partial charge in [0.05, 0.1) is 0 Å². The molecule has 3 rings (SSSR count). The smallest absolute Gasteiger partial charge is 0.0406 e. The summed E-state index contributed by atoms with van der Waals surface area (Å²) in [5.41, 5.74) is 7.83. The van der Waals surface area contributed by atoms with Crippen LogP contribution in [0.25, 0.3) is 0 Å². The van der Waals surface area contributed by atoms with Crippen LogP contribution in [0, 0.1) is 5.92 Å². The summed E-state index contributed by atoms with van der Waals surface area (Å²) in [6, 6.07) is 16.7. The summed E-state index contributed by atoms with van der Waals surface area (Å²) >= 11 is 7.72. The molecule has 0 spiro atoms. The second kappa shape index (κ2) is 8.26. The first kappa shape index (κ1) is 17.7. The predicted molar refractivity (Wildman–Crippen MR) is 98.2 cm³/mol. The van der Waals surface area contributed by atoms with Gasteiger partial charge in [-0.15, -0.1) is 12.4 Å². The molecule has 1 aliphatic rings. The van der Waals surface area contributed by atoms with E-state index in [1.165, 1.54) is 41.0 Å². The van der Waals surface area contributed by atoms with E-state index >= 15 is 0 Å². The van der Waals surface area contributed by atoms with Gasteiger partial charge in [0.1, 0.15) is 0 Å². The van der Waals surface area contributed by atoms with Crippen molar-refractivity contribution in [2.24, 2.45) is 11.7 Å². The fraction of sp³-hybridized carbons (Fsp3) is 0.333. The minimum absolute atomic E-state index is 0. The number of benzene rings is 2. The molecule has 2 N–H and O–H groups in total. The van der Waals surface area contributed by atoms with E-state index in [0.29, 0.717) is 5.92 Å². The van der Waals surface area contributed by atoms with E-state index in [9.17, 15) is 0 Å². The van der Waals surface area contributed by atoms with E-state index in [-0.39, 0.29) is 18.4 Å². The van der Waals surface area contributed by atoms with Crippen LogP contribution in [0.1, 0.15) is 37.3 Å². The Morgan fingerprint density at radius 3 is 2.32 bits per heavy atom. The van der Waals surface area contributed by atoms with E-state index < -0.39 is 0 Å². The Bertz CT molecular complexity index is 594. The lowest BCUT2D eigenvalue weighted by molar-refractivity contribution is 0.440. The molecule has 0 aliphatic heterocycles. The van der Waals surface area contributed by atoms with Crippen LogP contribution in [0.3, 0.4) is 0 Å². The van der Waals surface area contributed by atoms with E-state index in [1.807, 2.05) is 12.1 Å². The standard InChI is InChI=1S/C18H20ClNS.ClH/c19-14-9-11-15(12-10-14)21-17-8-4-3-7-16(17)18(20)13-5-1-2-6-13;/h3-4,7-13,18H,1-2,5-6,20H2;1H/t18-;/m0./s1. The van der Waals surface area contributed by atoms with E-state index in [4.69, 9.17) is 17.3 Å². The molecule has 22 heavy (non-hydrogen) atoms. The van der Waals surface area contributed by atoms with Crippen LogP contribution in [-0.2, 0) is 0 Å². The Morgan fingerprint density at radius 1 is 1.00 bits per heavy atom. The zero-order valence-electron chi connectivity index (χ0n) is 12.4. The summed E-state index contributed by atoms with van der Waals surface area (Å²) in [5, 5.41) is 0.773. The Labute approximate surface area is 148 Å². The summed E-state index contributed by atoms with van der Waals surface area (Å²) in [5.74, 6) is 0.636. The average Bonchev–Trinajstić information content (AvgIpc) is 3.04. The highest BCUT2D eigenvalue weighted by Gasteiger charge is 2.24. The van der Waals surface area contributed by atoms with E-state index in [0.717, 1.165) is 5.02 Å². The number of hydrogen-bond donors (Lipinski definition) is 1. The first-order chi connectivity index (χ1) is 10.2. The second-order valence-electron chi connectivity index (χ2n) is 5.66. The van der Waals surface area contributed by atoms with Crippen LogP contribution >= 0.6 is 35.8 Å². The van der Waals surface area contributed by atoms with Crippen molar-refractivity contribution in [3.63, 3.8) is 0 Å². The monoisotopic (exact) mass is 353 g/mol.